The first-order valence-electron chi connectivity index (χ1n) is 9.06. The molecule has 1 atom stereocenters. The predicted octanol–water partition coefficient (Wildman–Crippen LogP) is 4.52. The Bertz CT molecular complexity index is 1040. The van der Waals surface area contributed by atoms with Crippen LogP contribution in [0, 0.1) is 0 Å². The van der Waals surface area contributed by atoms with Crippen molar-refractivity contribution in [2.45, 2.75) is 19.1 Å². The minimum atomic E-state index is -3.26. The summed E-state index contributed by atoms with van der Waals surface area (Å²) in [7, 11) is 1.38. The Morgan fingerprint density at radius 2 is 2.07 bits per heavy atom. The molecule has 30 heavy (non-hydrogen) atoms. The molecule has 0 radical (unpaired) electrons. The summed E-state index contributed by atoms with van der Waals surface area (Å²) in [6.07, 6.45) is -2.31. The van der Waals surface area contributed by atoms with Crippen LogP contribution in [0.2, 0.25) is 0 Å². The molecule has 10 heteroatoms. The number of pyridine rings is 1. The van der Waals surface area contributed by atoms with Gasteiger partial charge in [-0.25, -0.2) is 23.1 Å². The second kappa shape index (κ2) is 8.31. The quantitative estimate of drug-likeness (QED) is 0.578. The molecule has 0 aliphatic carbocycles. The number of methoxy groups -OCH3 is 1. The molecule has 4 rings (SSSR count). The Kier molecular flexibility index (Phi) is 5.58. The Balaban J connectivity index is 1.64. The molecular weight excluding hydrogens is 417 g/mol. The van der Waals surface area contributed by atoms with Gasteiger partial charge in [0.25, 0.3) is 12.3 Å². The van der Waals surface area contributed by atoms with Crippen LogP contribution in [-0.2, 0) is 6.42 Å². The van der Waals surface area contributed by atoms with Crippen molar-refractivity contribution in [2.24, 2.45) is 0 Å². The lowest BCUT2D eigenvalue weighted by molar-refractivity contribution is -0.0382. The molecule has 0 saturated carbocycles. The number of anilines is 2. The first-order valence-corrected chi connectivity index (χ1v) is 9.88. The van der Waals surface area contributed by atoms with E-state index in [-0.39, 0.29) is 24.3 Å². The van der Waals surface area contributed by atoms with E-state index in [1.165, 1.54) is 18.4 Å². The average Bonchev–Trinajstić information content (AvgIpc) is 3.22. The molecular formula is C20H17F3N4O2S. The molecule has 0 spiro atoms. The third-order valence-corrected chi connectivity index (χ3v) is 5.66. The maximum atomic E-state index is 13.8. The van der Waals surface area contributed by atoms with E-state index < -0.39 is 18.6 Å². The average molecular weight is 434 g/mol. The Morgan fingerprint density at radius 3 is 2.77 bits per heavy atom. The number of ether oxygens (including phenoxy) is 1. The molecule has 1 N–H and O–H groups in total. The number of amides is 1. The minimum absolute atomic E-state index is 0.118. The van der Waals surface area contributed by atoms with Gasteiger partial charge in [0.15, 0.2) is 5.13 Å². The lowest BCUT2D eigenvalue weighted by Crippen LogP contribution is -2.46. The molecule has 1 aliphatic rings. The molecule has 6 nitrogen and oxygen atoms in total. The summed E-state index contributed by atoms with van der Waals surface area (Å²) in [6.45, 7) is -0.126. The number of halogens is 3. The van der Waals surface area contributed by atoms with Gasteiger partial charge in [0, 0.05) is 18.9 Å². The van der Waals surface area contributed by atoms with E-state index in [2.05, 4.69) is 15.3 Å². The fraction of sp³-hybridized carbons (Fsp3) is 0.250. The highest BCUT2D eigenvalue weighted by atomic mass is 32.1. The van der Waals surface area contributed by atoms with Gasteiger partial charge < -0.3 is 15.0 Å². The lowest BCUT2D eigenvalue weighted by atomic mass is 9.95. The van der Waals surface area contributed by atoms with Crippen LogP contribution in [0.15, 0.2) is 42.7 Å². The number of fused-ring (bicyclic) bond motifs is 1. The van der Waals surface area contributed by atoms with Crippen molar-refractivity contribution in [1.29, 1.82) is 0 Å². The smallest absolute Gasteiger partial charge is 0.287 e. The molecule has 3 aromatic rings. The van der Waals surface area contributed by atoms with Crippen LogP contribution in [0.5, 0.6) is 5.75 Å². The fourth-order valence-corrected chi connectivity index (χ4v) is 4.10. The highest BCUT2D eigenvalue weighted by Crippen LogP contribution is 2.38. The maximum Gasteiger partial charge on any atom is 0.287 e. The van der Waals surface area contributed by atoms with Crippen LogP contribution in [0.1, 0.15) is 15.9 Å². The predicted molar refractivity (Wildman–Crippen MR) is 107 cm³/mol. The summed E-state index contributed by atoms with van der Waals surface area (Å²) in [5, 5.41) is 3.75. The van der Waals surface area contributed by atoms with Crippen LogP contribution in [0.25, 0.3) is 10.4 Å². The number of thiazole rings is 1. The van der Waals surface area contributed by atoms with Crippen LogP contribution in [0.4, 0.5) is 24.1 Å². The molecule has 3 heterocycles. The van der Waals surface area contributed by atoms with Crippen LogP contribution < -0.4 is 10.1 Å². The molecule has 1 aromatic carbocycles. The normalized spacial score (nSPS) is 14.6. The Labute approximate surface area is 174 Å². The first-order chi connectivity index (χ1) is 14.5. The zero-order valence-electron chi connectivity index (χ0n) is 15.8. The van der Waals surface area contributed by atoms with Crippen molar-refractivity contribution in [3.63, 3.8) is 0 Å². The molecule has 1 amide bonds. The summed E-state index contributed by atoms with van der Waals surface area (Å²) in [4.78, 5) is 22.6. The van der Waals surface area contributed by atoms with Gasteiger partial charge in [-0.15, -0.1) is 0 Å². The number of nitrogens with one attached hydrogen (secondary N) is 1. The highest BCUT2D eigenvalue weighted by Gasteiger charge is 2.37. The van der Waals surface area contributed by atoms with Gasteiger partial charge >= 0.3 is 0 Å². The van der Waals surface area contributed by atoms with E-state index in [1.54, 1.807) is 24.5 Å². The van der Waals surface area contributed by atoms with E-state index >= 15 is 0 Å². The van der Waals surface area contributed by atoms with E-state index in [0.29, 0.717) is 21.4 Å². The number of aromatic nitrogens is 2. The SMILES string of the molecule is COc1cc(-c2cnc(Nc3ccccn3)s2)cc2c1C(=O)N(C(F)C(F)F)CC2. The van der Waals surface area contributed by atoms with Crippen molar-refractivity contribution in [3.8, 4) is 16.2 Å². The number of rotatable bonds is 6. The number of hydrogen-bond donors (Lipinski definition) is 1. The van der Waals surface area contributed by atoms with Crippen molar-refractivity contribution >= 4 is 28.2 Å². The maximum absolute atomic E-state index is 13.8. The monoisotopic (exact) mass is 434 g/mol. The number of benzene rings is 1. The Morgan fingerprint density at radius 1 is 1.23 bits per heavy atom. The summed E-state index contributed by atoms with van der Waals surface area (Å²) in [5.74, 6) is 0.0764. The first kappa shape index (κ1) is 20.1. The molecule has 0 saturated heterocycles. The Hall–Kier alpha value is -3.14. The van der Waals surface area contributed by atoms with Gasteiger partial charge in [-0.2, -0.15) is 0 Å². The topological polar surface area (TPSA) is 67.3 Å². The number of alkyl halides is 3. The number of carbonyl (C=O) groups is 1. The van der Waals surface area contributed by atoms with E-state index in [9.17, 15) is 18.0 Å². The fourth-order valence-electron chi connectivity index (χ4n) is 3.29. The van der Waals surface area contributed by atoms with Crippen molar-refractivity contribution in [2.75, 3.05) is 19.0 Å². The van der Waals surface area contributed by atoms with Gasteiger partial charge in [-0.3, -0.25) is 4.79 Å². The summed E-state index contributed by atoms with van der Waals surface area (Å²) >= 11 is 1.39. The zero-order chi connectivity index (χ0) is 21.3. The molecule has 1 unspecified atom stereocenters. The van der Waals surface area contributed by atoms with E-state index in [1.807, 2.05) is 18.2 Å². The third kappa shape index (κ3) is 3.82. The molecule has 2 aromatic heterocycles. The molecule has 0 fully saturated rings. The summed E-state index contributed by atoms with van der Waals surface area (Å²) in [6, 6.07) is 8.91. The minimum Gasteiger partial charge on any atom is -0.496 e. The molecule has 0 bridgehead atoms. The molecule has 1 aliphatic heterocycles. The lowest BCUT2D eigenvalue weighted by Gasteiger charge is -2.31. The van der Waals surface area contributed by atoms with Crippen LogP contribution in [-0.4, -0.2) is 47.2 Å². The summed E-state index contributed by atoms with van der Waals surface area (Å²) < 4.78 is 44.7. The summed E-state index contributed by atoms with van der Waals surface area (Å²) in [5.41, 5.74) is 1.51. The zero-order valence-corrected chi connectivity index (χ0v) is 16.6. The van der Waals surface area contributed by atoms with Gasteiger partial charge in [-0.1, -0.05) is 17.4 Å². The third-order valence-electron chi connectivity index (χ3n) is 4.70. The van der Waals surface area contributed by atoms with Gasteiger partial charge in [0.2, 0.25) is 6.30 Å². The second-order valence-electron chi connectivity index (χ2n) is 6.54. The molecule has 156 valence electrons. The van der Waals surface area contributed by atoms with Gasteiger partial charge in [0.05, 0.1) is 17.6 Å². The van der Waals surface area contributed by atoms with Crippen molar-refractivity contribution in [1.82, 2.24) is 14.9 Å². The van der Waals surface area contributed by atoms with Crippen LogP contribution >= 0.6 is 11.3 Å². The number of nitrogens with zero attached hydrogens (tertiary/aromatic N) is 3. The second-order valence-corrected chi connectivity index (χ2v) is 7.57. The van der Waals surface area contributed by atoms with Crippen molar-refractivity contribution < 1.29 is 22.7 Å². The van der Waals surface area contributed by atoms with E-state index in [4.69, 9.17) is 4.74 Å². The van der Waals surface area contributed by atoms with Gasteiger partial charge in [-0.05, 0) is 41.8 Å². The largest absolute Gasteiger partial charge is 0.496 e. The standard InChI is InChI=1S/C20H17F3N4O2S/c1-29-13-9-12(14-10-25-20(30-14)26-15-4-2-3-6-24-15)8-11-5-7-27(18(23)17(21)22)19(28)16(11)13/h2-4,6,8-10,17-18H,5,7H2,1H3,(H,24,25,26). The highest BCUT2D eigenvalue weighted by molar-refractivity contribution is 7.18. The van der Waals surface area contributed by atoms with E-state index in [0.717, 1.165) is 10.4 Å². The van der Waals surface area contributed by atoms with Gasteiger partial charge in [0.1, 0.15) is 11.6 Å². The number of hydrogen-bond acceptors (Lipinski definition) is 6. The number of carbonyl (C=O) groups excluding carboxylic acids is 1. The van der Waals surface area contributed by atoms with Crippen molar-refractivity contribution in [3.05, 3.63) is 53.9 Å². The van der Waals surface area contributed by atoms with Crippen LogP contribution in [0.3, 0.4) is 0 Å².